The van der Waals surface area contributed by atoms with Gasteiger partial charge >= 0.3 is 0 Å². The Labute approximate surface area is 179 Å². The summed E-state index contributed by atoms with van der Waals surface area (Å²) in [6.07, 6.45) is 12.8. The SMILES string of the molecule is CC(C)CCCC(C)[C@H]1C[C@H](O)C2=C3CC[C@H]4C[C@@H](O)CC[C@]4(C)[C@H]3CC[C@@]21C. The summed E-state index contributed by atoms with van der Waals surface area (Å²) in [6, 6.07) is 0. The highest BCUT2D eigenvalue weighted by Crippen LogP contribution is 2.65. The predicted molar refractivity (Wildman–Crippen MR) is 121 cm³/mol. The summed E-state index contributed by atoms with van der Waals surface area (Å²) in [5.74, 6) is 3.48. The zero-order chi connectivity index (χ0) is 21.0. The van der Waals surface area contributed by atoms with Crippen LogP contribution in [0.2, 0.25) is 0 Å². The standard InChI is InChI=1S/C27H46O2/c1-17(2)7-6-8-18(3)23-16-24(29)25-21-10-9-19-15-20(28)11-13-26(19,4)22(21)12-14-27(23,25)5/h17-20,22-24,28-29H,6-16H2,1-5H3/t18?,19-,20-,22-,23+,24-,26-,27+/m0/s1. The monoisotopic (exact) mass is 402 g/mol. The third-order valence-electron chi connectivity index (χ3n) is 10.2. The van der Waals surface area contributed by atoms with Crippen LogP contribution < -0.4 is 0 Å². The first-order valence-corrected chi connectivity index (χ1v) is 12.8. The fourth-order valence-electron chi connectivity index (χ4n) is 8.49. The Morgan fingerprint density at radius 2 is 1.72 bits per heavy atom. The molecule has 0 aromatic heterocycles. The van der Waals surface area contributed by atoms with Gasteiger partial charge in [0.1, 0.15) is 0 Å². The lowest BCUT2D eigenvalue weighted by atomic mass is 9.48. The molecule has 0 radical (unpaired) electrons. The molecule has 3 fully saturated rings. The molecule has 4 rings (SSSR count). The summed E-state index contributed by atoms with van der Waals surface area (Å²) in [4.78, 5) is 0. The number of fused-ring (bicyclic) bond motifs is 4. The number of hydrogen-bond donors (Lipinski definition) is 2. The number of rotatable bonds is 5. The van der Waals surface area contributed by atoms with Crippen LogP contribution in [0.5, 0.6) is 0 Å². The van der Waals surface area contributed by atoms with E-state index in [1.165, 1.54) is 56.9 Å². The maximum atomic E-state index is 11.3. The molecule has 4 aliphatic carbocycles. The van der Waals surface area contributed by atoms with Gasteiger partial charge in [0.25, 0.3) is 0 Å². The van der Waals surface area contributed by atoms with Crippen LogP contribution in [0, 0.1) is 40.4 Å². The van der Waals surface area contributed by atoms with Gasteiger partial charge in [-0.25, -0.2) is 0 Å². The highest BCUT2D eigenvalue weighted by atomic mass is 16.3. The van der Waals surface area contributed by atoms with E-state index in [4.69, 9.17) is 0 Å². The zero-order valence-electron chi connectivity index (χ0n) is 19.7. The Morgan fingerprint density at radius 1 is 0.966 bits per heavy atom. The minimum atomic E-state index is -0.204. The van der Waals surface area contributed by atoms with Gasteiger partial charge in [-0.3, -0.25) is 0 Å². The molecule has 4 aliphatic rings. The van der Waals surface area contributed by atoms with Crippen molar-refractivity contribution < 1.29 is 10.2 Å². The number of hydrogen-bond acceptors (Lipinski definition) is 2. The molecule has 0 heterocycles. The average Bonchev–Trinajstić information content (AvgIpc) is 2.93. The van der Waals surface area contributed by atoms with Crippen molar-refractivity contribution in [3.05, 3.63) is 11.1 Å². The molecule has 0 bridgehead atoms. The topological polar surface area (TPSA) is 40.5 Å². The first-order valence-electron chi connectivity index (χ1n) is 12.8. The molecule has 1 unspecified atom stereocenters. The molecule has 2 N–H and O–H groups in total. The summed E-state index contributed by atoms with van der Waals surface area (Å²) in [6.45, 7) is 12.1. The molecule has 0 saturated heterocycles. The second-order valence-electron chi connectivity index (χ2n) is 12.3. The van der Waals surface area contributed by atoms with Crippen molar-refractivity contribution in [3.8, 4) is 0 Å². The first-order chi connectivity index (χ1) is 13.7. The summed E-state index contributed by atoms with van der Waals surface area (Å²) < 4.78 is 0. The van der Waals surface area contributed by atoms with E-state index >= 15 is 0 Å². The summed E-state index contributed by atoms with van der Waals surface area (Å²) in [5.41, 5.74) is 3.72. The van der Waals surface area contributed by atoms with Gasteiger partial charge < -0.3 is 10.2 Å². The van der Waals surface area contributed by atoms with Gasteiger partial charge in [-0.15, -0.1) is 0 Å². The number of aliphatic hydroxyl groups excluding tert-OH is 2. The summed E-state index contributed by atoms with van der Waals surface area (Å²) in [7, 11) is 0. The van der Waals surface area contributed by atoms with Crippen LogP contribution in [0.25, 0.3) is 0 Å². The van der Waals surface area contributed by atoms with Crippen LogP contribution in [0.15, 0.2) is 11.1 Å². The van der Waals surface area contributed by atoms with Crippen molar-refractivity contribution in [2.24, 2.45) is 40.4 Å². The van der Waals surface area contributed by atoms with Crippen LogP contribution in [-0.4, -0.2) is 22.4 Å². The van der Waals surface area contributed by atoms with E-state index < -0.39 is 0 Å². The molecule has 0 aromatic rings. The van der Waals surface area contributed by atoms with Crippen molar-refractivity contribution in [2.75, 3.05) is 0 Å². The van der Waals surface area contributed by atoms with E-state index in [1.54, 1.807) is 5.57 Å². The minimum Gasteiger partial charge on any atom is -0.393 e. The fourth-order valence-corrected chi connectivity index (χ4v) is 8.49. The lowest BCUT2D eigenvalue weighted by Gasteiger charge is -2.56. The Balaban J connectivity index is 1.58. The molecular formula is C27H46O2. The highest BCUT2D eigenvalue weighted by molar-refractivity contribution is 5.37. The predicted octanol–water partition coefficient (Wildman–Crippen LogP) is 6.50. The number of aliphatic hydroxyl groups is 2. The second-order valence-corrected chi connectivity index (χ2v) is 12.3. The molecule has 166 valence electrons. The van der Waals surface area contributed by atoms with Gasteiger partial charge in [-0.05, 0) is 97.4 Å². The molecule has 0 spiro atoms. The average molecular weight is 403 g/mol. The van der Waals surface area contributed by atoms with Crippen LogP contribution in [0.3, 0.4) is 0 Å². The van der Waals surface area contributed by atoms with Crippen molar-refractivity contribution in [1.29, 1.82) is 0 Å². The van der Waals surface area contributed by atoms with Gasteiger partial charge in [-0.1, -0.05) is 59.5 Å². The van der Waals surface area contributed by atoms with Gasteiger partial charge in [0.05, 0.1) is 12.2 Å². The van der Waals surface area contributed by atoms with Gasteiger partial charge in [0.2, 0.25) is 0 Å². The van der Waals surface area contributed by atoms with E-state index in [-0.39, 0.29) is 17.6 Å². The Hall–Kier alpha value is -0.340. The van der Waals surface area contributed by atoms with Crippen molar-refractivity contribution >= 4 is 0 Å². The Morgan fingerprint density at radius 3 is 2.45 bits per heavy atom. The normalized spacial score (nSPS) is 45.7. The molecule has 0 amide bonds. The molecule has 29 heavy (non-hydrogen) atoms. The Bertz CT molecular complexity index is 636. The molecule has 0 aliphatic heterocycles. The summed E-state index contributed by atoms with van der Waals surface area (Å²) >= 11 is 0. The van der Waals surface area contributed by atoms with Crippen molar-refractivity contribution in [3.63, 3.8) is 0 Å². The van der Waals surface area contributed by atoms with Crippen LogP contribution in [0.1, 0.15) is 105 Å². The van der Waals surface area contributed by atoms with E-state index in [2.05, 4.69) is 34.6 Å². The molecule has 3 saturated carbocycles. The van der Waals surface area contributed by atoms with Crippen LogP contribution >= 0.6 is 0 Å². The molecular weight excluding hydrogens is 356 g/mol. The first kappa shape index (κ1) is 21.9. The molecule has 8 atom stereocenters. The van der Waals surface area contributed by atoms with Crippen LogP contribution in [-0.2, 0) is 0 Å². The Kier molecular flexibility index (Phi) is 6.01. The molecule has 0 aromatic carbocycles. The van der Waals surface area contributed by atoms with Crippen molar-refractivity contribution in [1.82, 2.24) is 0 Å². The minimum absolute atomic E-state index is 0.0794. The second kappa shape index (κ2) is 7.97. The number of allylic oxidation sites excluding steroid dienone is 1. The van der Waals surface area contributed by atoms with Gasteiger partial charge in [0.15, 0.2) is 0 Å². The van der Waals surface area contributed by atoms with Crippen molar-refractivity contribution in [2.45, 2.75) is 117 Å². The summed E-state index contributed by atoms with van der Waals surface area (Å²) in [5, 5.41) is 21.5. The third-order valence-corrected chi connectivity index (χ3v) is 10.2. The lowest BCUT2D eigenvalue weighted by Crippen LogP contribution is -2.48. The highest BCUT2D eigenvalue weighted by Gasteiger charge is 2.57. The fraction of sp³-hybridized carbons (Fsp3) is 0.926. The quantitative estimate of drug-likeness (QED) is 0.515. The van der Waals surface area contributed by atoms with E-state index in [1.807, 2.05) is 0 Å². The molecule has 2 nitrogen and oxygen atoms in total. The van der Waals surface area contributed by atoms with Gasteiger partial charge in [-0.2, -0.15) is 0 Å². The smallest absolute Gasteiger partial charge is 0.0761 e. The lowest BCUT2D eigenvalue weighted by molar-refractivity contribution is -0.0386. The van der Waals surface area contributed by atoms with E-state index in [0.717, 1.165) is 25.2 Å². The van der Waals surface area contributed by atoms with Crippen LogP contribution in [0.4, 0.5) is 0 Å². The van der Waals surface area contributed by atoms with Gasteiger partial charge in [0, 0.05) is 0 Å². The van der Waals surface area contributed by atoms with E-state index in [0.29, 0.717) is 29.1 Å². The maximum Gasteiger partial charge on any atom is 0.0761 e. The third kappa shape index (κ3) is 3.65. The molecule has 2 heteroatoms. The van der Waals surface area contributed by atoms with E-state index in [9.17, 15) is 10.2 Å². The maximum absolute atomic E-state index is 11.3. The largest absolute Gasteiger partial charge is 0.393 e. The zero-order valence-corrected chi connectivity index (χ0v) is 19.7.